The molecule has 1 fully saturated rings. The second-order valence-corrected chi connectivity index (χ2v) is 14.3. The number of primary amides is 1. The molecule has 2 aliphatic rings. The quantitative estimate of drug-likeness (QED) is 0.214. The van der Waals surface area contributed by atoms with Gasteiger partial charge in [0.2, 0.25) is 0 Å². The molecular formula is C28H36N3O6PS. The second kappa shape index (κ2) is 11.3. The summed E-state index contributed by atoms with van der Waals surface area (Å²) in [5, 5.41) is 5.30. The Kier molecular flexibility index (Phi) is 8.42. The van der Waals surface area contributed by atoms with E-state index in [1.807, 2.05) is 13.8 Å². The van der Waals surface area contributed by atoms with Gasteiger partial charge in [0.25, 0.3) is 0 Å². The summed E-state index contributed by atoms with van der Waals surface area (Å²) < 4.78 is 16.6. The van der Waals surface area contributed by atoms with Crippen LogP contribution in [0.15, 0.2) is 59.8 Å². The van der Waals surface area contributed by atoms with Gasteiger partial charge in [-0.3, -0.25) is 0 Å². The van der Waals surface area contributed by atoms with Crippen LogP contribution in [0.5, 0.6) is 0 Å². The molecule has 0 spiro atoms. The van der Waals surface area contributed by atoms with Crippen LogP contribution >= 0.6 is 19.8 Å². The monoisotopic (exact) mass is 573 g/mol. The van der Waals surface area contributed by atoms with E-state index in [1.165, 1.54) is 23.8 Å². The first-order chi connectivity index (χ1) is 18.4. The summed E-state index contributed by atoms with van der Waals surface area (Å²) in [7, 11) is -0.681. The Morgan fingerprint density at radius 2 is 1.62 bits per heavy atom. The van der Waals surface area contributed by atoms with Crippen LogP contribution in [0.2, 0.25) is 0 Å². The van der Waals surface area contributed by atoms with Gasteiger partial charge in [0.1, 0.15) is 0 Å². The summed E-state index contributed by atoms with van der Waals surface area (Å²) in [5.41, 5.74) is 5.82. The van der Waals surface area contributed by atoms with E-state index in [1.54, 1.807) is 20.8 Å². The van der Waals surface area contributed by atoms with Gasteiger partial charge in [-0.2, -0.15) is 0 Å². The predicted octanol–water partition coefficient (Wildman–Crippen LogP) is 2.65. The van der Waals surface area contributed by atoms with Crippen LogP contribution < -0.4 is 21.4 Å². The number of rotatable bonds is 8. The molecule has 2 atom stereocenters. The van der Waals surface area contributed by atoms with E-state index in [0.717, 1.165) is 21.7 Å². The third-order valence-electron chi connectivity index (χ3n) is 6.59. The van der Waals surface area contributed by atoms with Crippen LogP contribution in [0.3, 0.4) is 0 Å². The van der Waals surface area contributed by atoms with E-state index in [4.69, 9.17) is 19.9 Å². The average Bonchev–Trinajstić information content (AvgIpc) is 2.88. The Morgan fingerprint density at radius 1 is 1.08 bits per heavy atom. The number of methoxy groups -OCH3 is 1. The first kappa shape index (κ1) is 29.1. The van der Waals surface area contributed by atoms with Crippen LogP contribution in [-0.2, 0) is 23.8 Å². The number of nitrogens with zero attached hydrogens (tertiary/aromatic N) is 1. The topological polar surface area (TPSA) is 120 Å². The molecule has 39 heavy (non-hydrogen) atoms. The molecule has 9 nitrogen and oxygen atoms in total. The van der Waals surface area contributed by atoms with Crippen LogP contribution in [0.1, 0.15) is 31.9 Å². The van der Waals surface area contributed by atoms with Gasteiger partial charge < -0.3 is 0 Å². The molecule has 0 aromatic heterocycles. The third-order valence-corrected chi connectivity index (χ3v) is 10.8. The summed E-state index contributed by atoms with van der Waals surface area (Å²) in [5.74, 6) is -0.749. The molecule has 2 aromatic carbocycles. The molecule has 2 aliphatic heterocycles. The van der Waals surface area contributed by atoms with Gasteiger partial charge in [-0.05, 0) is 0 Å². The standard InChI is InChI=1S/C28H36N3O6PS/c1-17-7-11-20(12-8-17)38(21-13-9-18(2)10-14-21)30-28(35-6)24(33)31-22(23(32)37-27(3,4)5)19(15-36-26(29)34)16-39-25(28)31/h7-14,25,30H,15-16,38H2,1-6H3,(H2,29,34)/t25-,28-/m0/s1. The van der Waals surface area contributed by atoms with E-state index >= 15 is 0 Å². The number of esters is 1. The van der Waals surface area contributed by atoms with Crippen molar-refractivity contribution < 1.29 is 28.6 Å². The van der Waals surface area contributed by atoms with Crippen LogP contribution in [0.4, 0.5) is 4.79 Å². The third kappa shape index (κ3) is 5.99. The maximum absolute atomic E-state index is 14.0. The molecule has 0 saturated carbocycles. The molecule has 3 N–H and O–H groups in total. The van der Waals surface area contributed by atoms with Crippen molar-refractivity contribution in [2.75, 3.05) is 19.5 Å². The molecule has 0 aliphatic carbocycles. The van der Waals surface area contributed by atoms with Crippen molar-refractivity contribution in [3.63, 3.8) is 0 Å². The van der Waals surface area contributed by atoms with Gasteiger partial charge in [-0.15, -0.1) is 0 Å². The number of benzene rings is 2. The molecule has 11 heteroatoms. The van der Waals surface area contributed by atoms with Gasteiger partial charge in [0.05, 0.1) is 0 Å². The van der Waals surface area contributed by atoms with E-state index < -0.39 is 42.7 Å². The fourth-order valence-corrected chi connectivity index (χ4v) is 8.90. The Balaban J connectivity index is 1.72. The summed E-state index contributed by atoms with van der Waals surface area (Å²) in [6.45, 7) is 9.10. The number of carbonyl (C=O) groups excluding carboxylic acids is 3. The van der Waals surface area contributed by atoms with Crippen LogP contribution in [-0.4, -0.2) is 59.0 Å². The van der Waals surface area contributed by atoms with Crippen molar-refractivity contribution >= 4 is 48.4 Å². The fourth-order valence-electron chi connectivity index (χ4n) is 4.64. The van der Waals surface area contributed by atoms with Crippen molar-refractivity contribution in [2.45, 2.75) is 51.3 Å². The van der Waals surface area contributed by atoms with Gasteiger partial charge in [0, 0.05) is 0 Å². The number of aryl methyl sites for hydroxylation is 2. The molecule has 0 bridgehead atoms. The zero-order chi connectivity index (χ0) is 28.5. The molecule has 4 rings (SSSR count). The molecule has 2 aromatic rings. The molecule has 210 valence electrons. The normalized spacial score (nSPS) is 21.2. The van der Waals surface area contributed by atoms with Gasteiger partial charge in [-0.25, -0.2) is 0 Å². The average molecular weight is 574 g/mol. The first-order valence-electron chi connectivity index (χ1n) is 12.6. The summed E-state index contributed by atoms with van der Waals surface area (Å²) in [4.78, 5) is 40.0. The zero-order valence-electron chi connectivity index (χ0n) is 23.1. The summed E-state index contributed by atoms with van der Waals surface area (Å²) >= 11 is 1.43. The Morgan fingerprint density at radius 3 is 2.08 bits per heavy atom. The zero-order valence-corrected chi connectivity index (χ0v) is 25.0. The van der Waals surface area contributed by atoms with E-state index in [0.29, 0.717) is 11.3 Å². The maximum atomic E-state index is 14.0. The van der Waals surface area contributed by atoms with Gasteiger partial charge in [0.15, 0.2) is 0 Å². The molecule has 2 heterocycles. The summed E-state index contributed by atoms with van der Waals surface area (Å²) in [6.07, 6.45) is -0.967. The number of amides is 2. The minimum atomic E-state index is -2.18. The number of β-lactam (4-membered cyclic amide) rings is 1. The Bertz CT molecular complexity index is 1250. The number of nitrogens with two attached hydrogens (primary N) is 1. The number of ether oxygens (including phenoxy) is 3. The van der Waals surface area contributed by atoms with Crippen LogP contribution in [0, 0.1) is 13.8 Å². The summed E-state index contributed by atoms with van der Waals surface area (Å²) in [6, 6.07) is 16.6. The number of hydrogen-bond acceptors (Lipinski definition) is 8. The number of hydrogen-bond donors (Lipinski definition) is 2. The van der Waals surface area contributed by atoms with Crippen molar-refractivity contribution in [1.29, 1.82) is 0 Å². The van der Waals surface area contributed by atoms with E-state index in [9.17, 15) is 14.4 Å². The molecule has 0 radical (unpaired) electrons. The first-order valence-corrected chi connectivity index (χ1v) is 15.4. The van der Waals surface area contributed by atoms with Crippen LogP contribution in [0.25, 0.3) is 0 Å². The number of carbonyl (C=O) groups is 3. The number of thioether (sulfide) groups is 1. The minimum absolute atomic E-state index is 0.0679. The van der Waals surface area contributed by atoms with E-state index in [-0.39, 0.29) is 12.3 Å². The Labute approximate surface area is 234 Å². The molecule has 0 unspecified atom stereocenters. The SMILES string of the molecule is CO[C@@]1(N[PH2](c2ccc(C)cc2)c2ccc(C)cc2)C(=O)N2C(C(=O)OC(C)(C)C)=C(COC(N)=O)CS[C@H]21. The predicted molar refractivity (Wildman–Crippen MR) is 156 cm³/mol. The second-order valence-electron chi connectivity index (χ2n) is 10.7. The fraction of sp³-hybridized carbons (Fsp3) is 0.393. The number of nitrogens with one attached hydrogen (secondary N) is 1. The van der Waals surface area contributed by atoms with Gasteiger partial charge >= 0.3 is 234 Å². The Hall–Kier alpha value is -2.91. The van der Waals surface area contributed by atoms with Crippen molar-refractivity contribution in [3.8, 4) is 0 Å². The molecule has 1 saturated heterocycles. The van der Waals surface area contributed by atoms with E-state index in [2.05, 4.69) is 53.6 Å². The molecular weight excluding hydrogens is 537 g/mol. The van der Waals surface area contributed by atoms with Crippen molar-refractivity contribution in [2.24, 2.45) is 5.73 Å². The number of fused-ring (bicyclic) bond motifs is 1. The molecule has 2 amide bonds. The van der Waals surface area contributed by atoms with Crippen molar-refractivity contribution in [1.82, 2.24) is 9.99 Å². The van der Waals surface area contributed by atoms with Gasteiger partial charge in [-0.1, -0.05) is 0 Å². The van der Waals surface area contributed by atoms with Crippen molar-refractivity contribution in [3.05, 3.63) is 70.9 Å².